The SMILES string of the molecule is Cl.O=C(c1cccc2cn[nH]c12)N1CCC2(CCNC2)CC1. The highest BCUT2D eigenvalue weighted by Gasteiger charge is 2.38. The third-order valence-corrected chi connectivity index (χ3v) is 5.15. The second-order valence-corrected chi connectivity index (χ2v) is 6.36. The highest BCUT2D eigenvalue weighted by atomic mass is 35.5. The van der Waals surface area contributed by atoms with Crippen molar-refractivity contribution in [1.29, 1.82) is 0 Å². The molecule has 4 rings (SSSR count). The number of fused-ring (bicyclic) bond motifs is 1. The minimum atomic E-state index is 0. The van der Waals surface area contributed by atoms with Crippen molar-refractivity contribution in [3.8, 4) is 0 Å². The number of carbonyl (C=O) groups excluding carboxylic acids is 1. The van der Waals surface area contributed by atoms with Crippen LogP contribution in [0.1, 0.15) is 29.6 Å². The zero-order chi connectivity index (χ0) is 14.3. The predicted molar refractivity (Wildman–Crippen MR) is 88.4 cm³/mol. The van der Waals surface area contributed by atoms with Crippen molar-refractivity contribution in [1.82, 2.24) is 20.4 Å². The maximum Gasteiger partial charge on any atom is 0.256 e. The van der Waals surface area contributed by atoms with E-state index < -0.39 is 0 Å². The van der Waals surface area contributed by atoms with E-state index in [1.54, 1.807) is 6.20 Å². The second kappa shape index (κ2) is 5.89. The van der Waals surface area contributed by atoms with Gasteiger partial charge in [0.2, 0.25) is 0 Å². The van der Waals surface area contributed by atoms with Crippen molar-refractivity contribution in [3.63, 3.8) is 0 Å². The molecular weight excluding hydrogens is 300 g/mol. The van der Waals surface area contributed by atoms with Gasteiger partial charge in [-0.2, -0.15) is 5.10 Å². The van der Waals surface area contributed by atoms with Crippen LogP contribution in [0.15, 0.2) is 24.4 Å². The molecule has 1 aromatic heterocycles. The van der Waals surface area contributed by atoms with Crippen LogP contribution in [-0.2, 0) is 0 Å². The molecule has 0 atom stereocenters. The van der Waals surface area contributed by atoms with Crippen molar-refractivity contribution in [2.24, 2.45) is 5.41 Å². The highest BCUT2D eigenvalue weighted by Crippen LogP contribution is 2.37. The van der Waals surface area contributed by atoms with Crippen LogP contribution in [0.3, 0.4) is 0 Å². The maximum atomic E-state index is 12.8. The van der Waals surface area contributed by atoms with Gasteiger partial charge in [0.1, 0.15) is 0 Å². The molecule has 0 bridgehead atoms. The van der Waals surface area contributed by atoms with Crippen LogP contribution in [0, 0.1) is 5.41 Å². The lowest BCUT2D eigenvalue weighted by molar-refractivity contribution is 0.0609. The quantitative estimate of drug-likeness (QED) is 0.847. The molecule has 1 spiro atoms. The molecule has 0 unspecified atom stereocenters. The van der Waals surface area contributed by atoms with E-state index in [0.29, 0.717) is 5.41 Å². The molecule has 2 aliphatic heterocycles. The van der Waals surface area contributed by atoms with Gasteiger partial charge in [-0.3, -0.25) is 9.89 Å². The Balaban J connectivity index is 0.00000144. The lowest BCUT2D eigenvalue weighted by atomic mass is 9.78. The Bertz CT molecular complexity index is 668. The second-order valence-electron chi connectivity index (χ2n) is 6.36. The summed E-state index contributed by atoms with van der Waals surface area (Å²) in [6.45, 7) is 3.97. The molecule has 0 saturated carbocycles. The van der Waals surface area contributed by atoms with Crippen molar-refractivity contribution >= 4 is 29.2 Å². The van der Waals surface area contributed by atoms with Crippen LogP contribution in [0.25, 0.3) is 10.9 Å². The molecule has 1 aromatic carbocycles. The standard InChI is InChI=1S/C16H20N4O.ClH/c21-15(13-3-1-2-12-10-18-19-14(12)13)20-8-5-16(6-9-20)4-7-17-11-16;/h1-3,10,17H,4-9,11H2,(H,18,19);1H. The van der Waals surface area contributed by atoms with E-state index in [-0.39, 0.29) is 18.3 Å². The van der Waals surface area contributed by atoms with Gasteiger partial charge in [0.15, 0.2) is 0 Å². The number of nitrogens with one attached hydrogen (secondary N) is 2. The topological polar surface area (TPSA) is 61.0 Å². The molecule has 0 radical (unpaired) electrons. The van der Waals surface area contributed by atoms with Crippen LogP contribution in [0.4, 0.5) is 0 Å². The first-order chi connectivity index (χ1) is 10.3. The molecule has 5 nitrogen and oxygen atoms in total. The van der Waals surface area contributed by atoms with Crippen LogP contribution >= 0.6 is 12.4 Å². The third-order valence-electron chi connectivity index (χ3n) is 5.15. The van der Waals surface area contributed by atoms with E-state index in [4.69, 9.17) is 0 Å². The van der Waals surface area contributed by atoms with Crippen molar-refractivity contribution in [2.75, 3.05) is 26.2 Å². The number of carbonyl (C=O) groups is 1. The number of para-hydroxylation sites is 1. The molecule has 22 heavy (non-hydrogen) atoms. The predicted octanol–water partition coefficient (Wildman–Crippen LogP) is 2.20. The lowest BCUT2D eigenvalue weighted by Crippen LogP contribution is -2.44. The minimum absolute atomic E-state index is 0. The highest BCUT2D eigenvalue weighted by molar-refractivity contribution is 6.05. The van der Waals surface area contributed by atoms with Gasteiger partial charge < -0.3 is 10.2 Å². The summed E-state index contributed by atoms with van der Waals surface area (Å²) in [4.78, 5) is 14.8. The molecule has 2 aliphatic rings. The fourth-order valence-electron chi connectivity index (χ4n) is 3.72. The zero-order valence-electron chi connectivity index (χ0n) is 12.5. The number of hydrogen-bond acceptors (Lipinski definition) is 3. The number of hydrogen-bond donors (Lipinski definition) is 2. The first-order valence-corrected chi connectivity index (χ1v) is 7.70. The van der Waals surface area contributed by atoms with Gasteiger partial charge in [0.05, 0.1) is 17.3 Å². The zero-order valence-corrected chi connectivity index (χ0v) is 13.3. The summed E-state index contributed by atoms with van der Waals surface area (Å²) in [6.07, 6.45) is 5.25. The fraction of sp³-hybridized carbons (Fsp3) is 0.500. The van der Waals surface area contributed by atoms with E-state index >= 15 is 0 Å². The monoisotopic (exact) mass is 320 g/mol. The van der Waals surface area contributed by atoms with E-state index in [9.17, 15) is 4.79 Å². The number of halogens is 1. The van der Waals surface area contributed by atoms with Crippen LogP contribution in [-0.4, -0.2) is 47.2 Å². The number of aromatic amines is 1. The average Bonchev–Trinajstić information content (AvgIpc) is 3.16. The maximum absolute atomic E-state index is 12.8. The summed E-state index contributed by atoms with van der Waals surface area (Å²) in [6, 6.07) is 5.80. The van der Waals surface area contributed by atoms with Gasteiger partial charge in [0, 0.05) is 25.0 Å². The molecular formula is C16H21ClN4O. The van der Waals surface area contributed by atoms with Crippen molar-refractivity contribution in [3.05, 3.63) is 30.0 Å². The Labute approximate surface area is 135 Å². The molecule has 3 heterocycles. The first kappa shape index (κ1) is 15.3. The summed E-state index contributed by atoms with van der Waals surface area (Å²) in [5.74, 6) is 0.130. The average molecular weight is 321 g/mol. The van der Waals surface area contributed by atoms with E-state index in [1.165, 1.54) is 6.42 Å². The van der Waals surface area contributed by atoms with Gasteiger partial charge in [-0.15, -0.1) is 12.4 Å². The van der Waals surface area contributed by atoms with Crippen LogP contribution in [0.2, 0.25) is 0 Å². The molecule has 1 amide bonds. The molecule has 118 valence electrons. The van der Waals surface area contributed by atoms with Gasteiger partial charge in [0.25, 0.3) is 5.91 Å². The number of rotatable bonds is 1. The first-order valence-electron chi connectivity index (χ1n) is 7.70. The summed E-state index contributed by atoms with van der Waals surface area (Å²) in [7, 11) is 0. The summed E-state index contributed by atoms with van der Waals surface area (Å²) >= 11 is 0. The number of H-pyrrole nitrogens is 1. The number of likely N-dealkylation sites (tertiary alicyclic amines) is 1. The number of amides is 1. The largest absolute Gasteiger partial charge is 0.339 e. The van der Waals surface area contributed by atoms with Crippen LogP contribution < -0.4 is 5.32 Å². The Hall–Kier alpha value is -1.59. The molecule has 2 N–H and O–H groups in total. The number of aromatic nitrogens is 2. The molecule has 2 fully saturated rings. The van der Waals surface area contributed by atoms with Gasteiger partial charge in [-0.05, 0) is 37.3 Å². The van der Waals surface area contributed by atoms with Gasteiger partial charge in [-0.25, -0.2) is 0 Å². The fourth-order valence-corrected chi connectivity index (χ4v) is 3.72. The number of benzene rings is 1. The Morgan fingerprint density at radius 1 is 1.23 bits per heavy atom. The molecule has 2 saturated heterocycles. The van der Waals surface area contributed by atoms with Crippen molar-refractivity contribution in [2.45, 2.75) is 19.3 Å². The smallest absolute Gasteiger partial charge is 0.256 e. The normalized spacial score (nSPS) is 20.3. The molecule has 6 heteroatoms. The summed E-state index contributed by atoms with van der Waals surface area (Å²) < 4.78 is 0. The Morgan fingerprint density at radius 3 is 2.77 bits per heavy atom. The molecule has 0 aliphatic carbocycles. The summed E-state index contributed by atoms with van der Waals surface area (Å²) in [5.41, 5.74) is 2.03. The minimum Gasteiger partial charge on any atom is -0.339 e. The Morgan fingerprint density at radius 2 is 2.05 bits per heavy atom. The van der Waals surface area contributed by atoms with Crippen molar-refractivity contribution < 1.29 is 4.79 Å². The van der Waals surface area contributed by atoms with Crippen LogP contribution in [0.5, 0.6) is 0 Å². The number of piperidine rings is 1. The molecule has 2 aromatic rings. The lowest BCUT2D eigenvalue weighted by Gasteiger charge is -2.38. The van der Waals surface area contributed by atoms with E-state index in [0.717, 1.165) is 55.5 Å². The Kier molecular flexibility index (Phi) is 4.10. The summed E-state index contributed by atoms with van der Waals surface area (Å²) in [5, 5.41) is 11.4. The van der Waals surface area contributed by atoms with E-state index in [1.807, 2.05) is 23.1 Å². The van der Waals surface area contributed by atoms with E-state index in [2.05, 4.69) is 15.5 Å². The number of nitrogens with zero attached hydrogens (tertiary/aromatic N) is 2. The van der Waals surface area contributed by atoms with Gasteiger partial charge >= 0.3 is 0 Å². The third kappa shape index (κ3) is 2.48. The van der Waals surface area contributed by atoms with Gasteiger partial charge in [-0.1, -0.05) is 12.1 Å².